The van der Waals surface area contributed by atoms with Crippen LogP contribution in [-0.4, -0.2) is 26.0 Å². The Labute approximate surface area is 100 Å². The lowest BCUT2D eigenvalue weighted by Gasteiger charge is -2.18. The van der Waals surface area contributed by atoms with Crippen LogP contribution in [0.25, 0.3) is 0 Å². The number of rotatable bonds is 2. The molecule has 0 radical (unpaired) electrons. The summed E-state index contributed by atoms with van der Waals surface area (Å²) in [5.74, 6) is 0.0329. The van der Waals surface area contributed by atoms with Crippen LogP contribution >= 0.6 is 11.6 Å². The first-order valence-electron chi connectivity index (χ1n) is 5.36. The molecule has 0 fully saturated rings. The second kappa shape index (κ2) is 4.34. The highest BCUT2D eigenvalue weighted by molar-refractivity contribution is 6.31. The van der Waals surface area contributed by atoms with Crippen LogP contribution in [0, 0.1) is 6.92 Å². The van der Waals surface area contributed by atoms with Gasteiger partial charge in [0, 0.05) is 24.3 Å². The lowest BCUT2D eigenvalue weighted by atomic mass is 10.1. The summed E-state index contributed by atoms with van der Waals surface area (Å²) in [5, 5.41) is 3.37. The number of nitrogens with one attached hydrogen (secondary N) is 1. The fourth-order valence-electron chi connectivity index (χ4n) is 2.15. The van der Waals surface area contributed by atoms with Crippen LogP contribution < -0.4 is 10.2 Å². The van der Waals surface area contributed by atoms with Gasteiger partial charge in [0.05, 0.1) is 6.54 Å². The van der Waals surface area contributed by atoms with Crippen molar-refractivity contribution in [2.45, 2.75) is 13.3 Å². The number of aryl methyl sites for hydroxylation is 1. The number of carbonyl (C=O) groups is 1. The number of benzene rings is 1. The van der Waals surface area contributed by atoms with Gasteiger partial charge in [0.2, 0.25) is 5.91 Å². The van der Waals surface area contributed by atoms with E-state index in [0.29, 0.717) is 6.54 Å². The predicted octanol–water partition coefficient (Wildman–Crippen LogP) is 1.76. The average molecular weight is 239 g/mol. The summed E-state index contributed by atoms with van der Waals surface area (Å²) in [5.41, 5.74) is 3.63. The summed E-state index contributed by atoms with van der Waals surface area (Å²) in [6.45, 7) is 3.36. The van der Waals surface area contributed by atoms with Crippen molar-refractivity contribution in [3.8, 4) is 0 Å². The minimum absolute atomic E-state index is 0.0329. The molecule has 0 unspecified atom stereocenters. The molecule has 0 bridgehead atoms. The van der Waals surface area contributed by atoms with Gasteiger partial charge in [-0.1, -0.05) is 11.6 Å². The molecular weight excluding hydrogens is 224 g/mol. The second-order valence-electron chi connectivity index (χ2n) is 4.07. The molecular formula is C12H15ClN2O. The van der Waals surface area contributed by atoms with Gasteiger partial charge in [0.1, 0.15) is 0 Å². The largest absolute Gasteiger partial charge is 0.362 e. The van der Waals surface area contributed by atoms with E-state index in [1.807, 2.05) is 12.1 Å². The van der Waals surface area contributed by atoms with Gasteiger partial charge in [-0.3, -0.25) is 4.79 Å². The van der Waals surface area contributed by atoms with Crippen molar-refractivity contribution >= 4 is 23.2 Å². The van der Waals surface area contributed by atoms with Gasteiger partial charge in [-0.15, -0.1) is 0 Å². The predicted molar refractivity (Wildman–Crippen MR) is 66.2 cm³/mol. The second-order valence-corrected chi connectivity index (χ2v) is 4.50. The third-order valence-corrected chi connectivity index (χ3v) is 3.22. The number of hydrogen-bond donors (Lipinski definition) is 1. The number of amides is 1. The first-order chi connectivity index (χ1) is 7.61. The summed E-state index contributed by atoms with van der Waals surface area (Å²) in [6.07, 6.45) is 0.995. The highest BCUT2D eigenvalue weighted by atomic mass is 35.5. The molecule has 1 aliphatic heterocycles. The Balaban J connectivity index is 2.28. The van der Waals surface area contributed by atoms with Crippen molar-refractivity contribution in [2.75, 3.05) is 25.0 Å². The number of halogens is 1. The van der Waals surface area contributed by atoms with Crippen LogP contribution in [0.1, 0.15) is 11.1 Å². The van der Waals surface area contributed by atoms with Crippen molar-refractivity contribution in [3.63, 3.8) is 0 Å². The SMILES string of the molecule is CNC(=O)CN1CCc2c(C)cc(Cl)cc21. The third kappa shape index (κ3) is 2.00. The van der Waals surface area contributed by atoms with Crippen molar-refractivity contribution in [1.82, 2.24) is 5.32 Å². The Bertz CT molecular complexity index is 431. The third-order valence-electron chi connectivity index (χ3n) is 3.00. The van der Waals surface area contributed by atoms with Gasteiger partial charge in [0.15, 0.2) is 0 Å². The number of anilines is 1. The molecule has 1 N–H and O–H groups in total. The normalized spacial score (nSPS) is 13.8. The van der Waals surface area contributed by atoms with Crippen LogP contribution in [0.4, 0.5) is 5.69 Å². The van der Waals surface area contributed by atoms with E-state index < -0.39 is 0 Å². The number of fused-ring (bicyclic) bond motifs is 1. The summed E-state index contributed by atoms with van der Waals surface area (Å²) in [7, 11) is 1.66. The maximum atomic E-state index is 11.4. The van der Waals surface area contributed by atoms with E-state index in [2.05, 4.69) is 17.1 Å². The van der Waals surface area contributed by atoms with Crippen LogP contribution in [0.2, 0.25) is 5.02 Å². The minimum atomic E-state index is 0.0329. The quantitative estimate of drug-likeness (QED) is 0.852. The van der Waals surface area contributed by atoms with E-state index in [9.17, 15) is 4.79 Å². The topological polar surface area (TPSA) is 32.3 Å². The molecule has 1 amide bonds. The Hall–Kier alpha value is -1.22. The van der Waals surface area contributed by atoms with Gasteiger partial charge < -0.3 is 10.2 Å². The van der Waals surface area contributed by atoms with Crippen LogP contribution in [0.3, 0.4) is 0 Å². The van der Waals surface area contributed by atoms with Crippen LogP contribution in [0.5, 0.6) is 0 Å². The van der Waals surface area contributed by atoms with Crippen LogP contribution in [-0.2, 0) is 11.2 Å². The Morgan fingerprint density at radius 3 is 3.00 bits per heavy atom. The van der Waals surface area contributed by atoms with Crippen molar-refractivity contribution in [2.24, 2.45) is 0 Å². The highest BCUT2D eigenvalue weighted by Crippen LogP contribution is 2.33. The fraction of sp³-hybridized carbons (Fsp3) is 0.417. The number of carbonyl (C=O) groups excluding carboxylic acids is 1. The summed E-state index contributed by atoms with van der Waals surface area (Å²) < 4.78 is 0. The molecule has 0 aromatic heterocycles. The number of nitrogens with zero attached hydrogens (tertiary/aromatic N) is 1. The molecule has 1 aromatic carbocycles. The minimum Gasteiger partial charge on any atom is -0.362 e. The molecule has 2 rings (SSSR count). The molecule has 0 saturated heterocycles. The Morgan fingerprint density at radius 1 is 1.56 bits per heavy atom. The molecule has 1 heterocycles. The first-order valence-corrected chi connectivity index (χ1v) is 5.74. The van der Waals surface area contributed by atoms with Gasteiger partial charge in [-0.2, -0.15) is 0 Å². The molecule has 0 spiro atoms. The molecule has 0 atom stereocenters. The molecule has 0 aliphatic carbocycles. The zero-order valence-electron chi connectivity index (χ0n) is 9.51. The van der Waals surface area contributed by atoms with Crippen LogP contribution in [0.15, 0.2) is 12.1 Å². The lowest BCUT2D eigenvalue weighted by molar-refractivity contribution is -0.119. The monoisotopic (exact) mass is 238 g/mol. The van der Waals surface area contributed by atoms with E-state index >= 15 is 0 Å². The molecule has 1 aromatic rings. The van der Waals surface area contributed by atoms with Crippen molar-refractivity contribution < 1.29 is 4.79 Å². The first kappa shape index (κ1) is 11.3. The standard InChI is InChI=1S/C12H15ClN2O/c1-8-5-9(13)6-11-10(8)3-4-15(11)7-12(16)14-2/h5-6H,3-4,7H2,1-2H3,(H,14,16). The van der Waals surface area contributed by atoms with E-state index in [1.165, 1.54) is 11.1 Å². The van der Waals surface area contributed by atoms with Gasteiger partial charge >= 0.3 is 0 Å². The van der Waals surface area contributed by atoms with Crippen molar-refractivity contribution in [1.29, 1.82) is 0 Å². The van der Waals surface area contributed by atoms with E-state index in [-0.39, 0.29) is 5.91 Å². The maximum Gasteiger partial charge on any atom is 0.239 e. The summed E-state index contributed by atoms with van der Waals surface area (Å²) in [6, 6.07) is 3.92. The number of likely N-dealkylation sites (N-methyl/N-ethyl adjacent to an activating group) is 1. The lowest BCUT2D eigenvalue weighted by Crippen LogP contribution is -2.34. The fourth-order valence-corrected chi connectivity index (χ4v) is 2.41. The van der Waals surface area contributed by atoms with E-state index in [1.54, 1.807) is 7.05 Å². The van der Waals surface area contributed by atoms with Crippen molar-refractivity contribution in [3.05, 3.63) is 28.3 Å². The maximum absolute atomic E-state index is 11.4. The van der Waals surface area contributed by atoms with E-state index in [0.717, 1.165) is 23.7 Å². The molecule has 86 valence electrons. The average Bonchev–Trinajstić information content (AvgIpc) is 2.61. The van der Waals surface area contributed by atoms with Gasteiger partial charge in [-0.25, -0.2) is 0 Å². The molecule has 3 nitrogen and oxygen atoms in total. The van der Waals surface area contributed by atoms with Gasteiger partial charge in [0.25, 0.3) is 0 Å². The molecule has 1 aliphatic rings. The summed E-state index contributed by atoms with van der Waals surface area (Å²) >= 11 is 6.04. The Kier molecular flexibility index (Phi) is 3.06. The molecule has 0 saturated carbocycles. The summed E-state index contributed by atoms with van der Waals surface area (Å²) in [4.78, 5) is 13.4. The smallest absolute Gasteiger partial charge is 0.239 e. The van der Waals surface area contributed by atoms with E-state index in [4.69, 9.17) is 11.6 Å². The highest BCUT2D eigenvalue weighted by Gasteiger charge is 2.22. The molecule has 16 heavy (non-hydrogen) atoms. The zero-order valence-corrected chi connectivity index (χ0v) is 10.3. The molecule has 4 heteroatoms. The van der Waals surface area contributed by atoms with Gasteiger partial charge in [-0.05, 0) is 36.6 Å². The zero-order chi connectivity index (χ0) is 11.7. The Morgan fingerprint density at radius 2 is 2.31 bits per heavy atom. The number of hydrogen-bond acceptors (Lipinski definition) is 2.